The van der Waals surface area contributed by atoms with Crippen LogP contribution in [0.3, 0.4) is 0 Å². The molecule has 0 saturated carbocycles. The first-order chi connectivity index (χ1) is 8.93. The van der Waals surface area contributed by atoms with Crippen molar-refractivity contribution >= 4 is 15.7 Å². The third kappa shape index (κ3) is 3.94. The van der Waals surface area contributed by atoms with Crippen molar-refractivity contribution in [1.29, 1.82) is 0 Å². The number of anilines is 1. The van der Waals surface area contributed by atoms with Crippen molar-refractivity contribution in [2.75, 3.05) is 18.4 Å². The van der Waals surface area contributed by atoms with Crippen molar-refractivity contribution in [3.05, 3.63) is 24.3 Å². The van der Waals surface area contributed by atoms with Crippen LogP contribution in [0.5, 0.6) is 0 Å². The van der Waals surface area contributed by atoms with E-state index in [-0.39, 0.29) is 6.04 Å². The number of hydrogen-bond acceptors (Lipinski definition) is 3. The van der Waals surface area contributed by atoms with Crippen LogP contribution in [0.2, 0.25) is 0 Å². The van der Waals surface area contributed by atoms with Crippen LogP contribution in [-0.2, 0) is 10.0 Å². The highest BCUT2D eigenvalue weighted by Gasteiger charge is 2.25. The van der Waals surface area contributed by atoms with E-state index < -0.39 is 10.0 Å². The molecule has 0 saturated heterocycles. The Hall–Kier alpha value is -1.07. The first-order valence-electron chi connectivity index (χ1n) is 6.79. The molecule has 19 heavy (non-hydrogen) atoms. The van der Waals surface area contributed by atoms with E-state index in [2.05, 4.69) is 12.2 Å². The molecule has 1 N–H and O–H groups in total. The summed E-state index contributed by atoms with van der Waals surface area (Å²) in [6, 6.07) is 6.93. The van der Waals surface area contributed by atoms with Crippen LogP contribution in [0.25, 0.3) is 0 Å². The number of rotatable bonds is 7. The van der Waals surface area contributed by atoms with Crippen LogP contribution in [0, 0.1) is 0 Å². The fourth-order valence-corrected chi connectivity index (χ4v) is 3.61. The Morgan fingerprint density at radius 1 is 1.16 bits per heavy atom. The molecular formula is C14H24N2O2S. The average Bonchev–Trinajstić information content (AvgIpc) is 2.36. The van der Waals surface area contributed by atoms with Crippen molar-refractivity contribution in [3.63, 3.8) is 0 Å². The van der Waals surface area contributed by atoms with Crippen LogP contribution in [0.4, 0.5) is 5.69 Å². The molecule has 0 fully saturated rings. The Bertz CT molecular complexity index is 481. The molecule has 0 radical (unpaired) electrons. The summed E-state index contributed by atoms with van der Waals surface area (Å²) < 4.78 is 26.4. The lowest BCUT2D eigenvalue weighted by atomic mass is 10.3. The molecular weight excluding hydrogens is 260 g/mol. The molecule has 108 valence electrons. The average molecular weight is 284 g/mol. The molecule has 4 nitrogen and oxygen atoms in total. The Kier molecular flexibility index (Phi) is 5.82. The number of hydrogen-bond donors (Lipinski definition) is 1. The maximum absolute atomic E-state index is 12.4. The molecule has 0 amide bonds. The largest absolute Gasteiger partial charge is 0.385 e. The highest BCUT2D eigenvalue weighted by Crippen LogP contribution is 2.20. The van der Waals surface area contributed by atoms with Gasteiger partial charge in [-0.2, -0.15) is 4.31 Å². The van der Waals surface area contributed by atoms with Gasteiger partial charge in [-0.15, -0.1) is 0 Å². The molecule has 0 aromatic heterocycles. The number of sulfonamides is 1. The van der Waals surface area contributed by atoms with E-state index in [9.17, 15) is 8.42 Å². The third-order valence-corrected chi connectivity index (χ3v) is 5.09. The van der Waals surface area contributed by atoms with Crippen LogP contribution < -0.4 is 5.32 Å². The summed E-state index contributed by atoms with van der Waals surface area (Å²) in [5, 5.41) is 3.23. The highest BCUT2D eigenvalue weighted by atomic mass is 32.2. The van der Waals surface area contributed by atoms with Gasteiger partial charge in [-0.25, -0.2) is 8.42 Å². The minimum Gasteiger partial charge on any atom is -0.385 e. The SMILES string of the molecule is CCCNc1ccc(S(=O)(=O)N(CC)C(C)C)cc1. The molecule has 0 aliphatic heterocycles. The van der Waals surface area contributed by atoms with Gasteiger partial charge in [-0.1, -0.05) is 13.8 Å². The van der Waals surface area contributed by atoms with Crippen LogP contribution in [0.15, 0.2) is 29.2 Å². The van der Waals surface area contributed by atoms with Crippen molar-refractivity contribution in [3.8, 4) is 0 Å². The maximum Gasteiger partial charge on any atom is 0.243 e. The van der Waals surface area contributed by atoms with Gasteiger partial charge < -0.3 is 5.32 Å². The zero-order chi connectivity index (χ0) is 14.5. The molecule has 0 unspecified atom stereocenters. The topological polar surface area (TPSA) is 49.4 Å². The van der Waals surface area contributed by atoms with Gasteiger partial charge in [0.1, 0.15) is 0 Å². The van der Waals surface area contributed by atoms with Crippen molar-refractivity contribution in [2.45, 2.75) is 45.1 Å². The zero-order valence-corrected chi connectivity index (χ0v) is 13.0. The van der Waals surface area contributed by atoms with E-state index in [0.29, 0.717) is 11.4 Å². The van der Waals surface area contributed by atoms with E-state index in [1.54, 1.807) is 12.1 Å². The van der Waals surface area contributed by atoms with E-state index in [1.165, 1.54) is 4.31 Å². The van der Waals surface area contributed by atoms with Crippen LogP contribution in [0.1, 0.15) is 34.1 Å². The zero-order valence-electron chi connectivity index (χ0n) is 12.2. The predicted molar refractivity (Wildman–Crippen MR) is 79.9 cm³/mol. The summed E-state index contributed by atoms with van der Waals surface area (Å²) in [6.45, 7) is 9.09. The monoisotopic (exact) mass is 284 g/mol. The lowest BCUT2D eigenvalue weighted by molar-refractivity contribution is 0.369. The maximum atomic E-state index is 12.4. The van der Waals surface area contributed by atoms with Crippen molar-refractivity contribution in [2.24, 2.45) is 0 Å². The molecule has 1 aromatic carbocycles. The van der Waals surface area contributed by atoms with Crippen molar-refractivity contribution in [1.82, 2.24) is 4.31 Å². The molecule has 1 aromatic rings. The molecule has 0 atom stereocenters. The van der Waals surface area contributed by atoms with E-state index in [1.807, 2.05) is 32.9 Å². The summed E-state index contributed by atoms with van der Waals surface area (Å²) >= 11 is 0. The standard InChI is InChI=1S/C14H24N2O2S/c1-5-11-15-13-7-9-14(10-8-13)19(17,18)16(6-2)12(3)4/h7-10,12,15H,5-6,11H2,1-4H3. The molecule has 0 aliphatic rings. The second kappa shape index (κ2) is 6.91. The van der Waals surface area contributed by atoms with Gasteiger partial charge in [-0.05, 0) is 44.5 Å². The minimum absolute atomic E-state index is 0.0344. The number of nitrogens with zero attached hydrogens (tertiary/aromatic N) is 1. The minimum atomic E-state index is -3.38. The normalized spacial score (nSPS) is 12.1. The van der Waals surface area contributed by atoms with Gasteiger partial charge in [0.25, 0.3) is 0 Å². The van der Waals surface area contributed by atoms with E-state index >= 15 is 0 Å². The summed E-state index contributed by atoms with van der Waals surface area (Å²) in [4.78, 5) is 0.352. The summed E-state index contributed by atoms with van der Waals surface area (Å²) in [7, 11) is -3.38. The summed E-state index contributed by atoms with van der Waals surface area (Å²) in [6.07, 6.45) is 1.04. The smallest absolute Gasteiger partial charge is 0.243 e. The van der Waals surface area contributed by atoms with Crippen LogP contribution >= 0.6 is 0 Å². The van der Waals surface area contributed by atoms with Gasteiger partial charge in [0.15, 0.2) is 0 Å². The van der Waals surface area contributed by atoms with Gasteiger partial charge in [0, 0.05) is 24.8 Å². The third-order valence-electron chi connectivity index (χ3n) is 2.93. The number of nitrogens with one attached hydrogen (secondary N) is 1. The second-order valence-corrected chi connectivity index (χ2v) is 6.64. The lowest BCUT2D eigenvalue weighted by Gasteiger charge is -2.24. The quantitative estimate of drug-likeness (QED) is 0.837. The molecule has 0 bridgehead atoms. The summed E-state index contributed by atoms with van der Waals surface area (Å²) in [5.74, 6) is 0. The highest BCUT2D eigenvalue weighted by molar-refractivity contribution is 7.89. The van der Waals surface area contributed by atoms with Gasteiger partial charge in [-0.3, -0.25) is 0 Å². The first-order valence-corrected chi connectivity index (χ1v) is 8.23. The first kappa shape index (κ1) is 16.0. The predicted octanol–water partition coefficient (Wildman–Crippen LogP) is 2.93. The van der Waals surface area contributed by atoms with E-state index in [4.69, 9.17) is 0 Å². The fourth-order valence-electron chi connectivity index (χ4n) is 1.96. The fraction of sp³-hybridized carbons (Fsp3) is 0.571. The Labute approximate surface area is 116 Å². The second-order valence-electron chi connectivity index (χ2n) is 4.75. The number of benzene rings is 1. The molecule has 0 aliphatic carbocycles. The Morgan fingerprint density at radius 2 is 1.74 bits per heavy atom. The van der Waals surface area contributed by atoms with Crippen molar-refractivity contribution < 1.29 is 8.42 Å². The van der Waals surface area contributed by atoms with Gasteiger partial charge >= 0.3 is 0 Å². The van der Waals surface area contributed by atoms with Gasteiger partial charge in [0.2, 0.25) is 10.0 Å². The van der Waals surface area contributed by atoms with Gasteiger partial charge in [0.05, 0.1) is 4.90 Å². The molecule has 0 heterocycles. The molecule has 0 spiro atoms. The Morgan fingerprint density at radius 3 is 2.16 bits per heavy atom. The summed E-state index contributed by atoms with van der Waals surface area (Å²) in [5.41, 5.74) is 0.952. The lowest BCUT2D eigenvalue weighted by Crippen LogP contribution is -2.36. The van der Waals surface area contributed by atoms with E-state index in [0.717, 1.165) is 18.7 Å². The van der Waals surface area contributed by atoms with Crippen LogP contribution in [-0.4, -0.2) is 31.9 Å². The molecule has 5 heteroatoms. The molecule has 1 rings (SSSR count). The Balaban J connectivity index is 2.96.